The summed E-state index contributed by atoms with van der Waals surface area (Å²) in [6, 6.07) is 8.92. The van der Waals surface area contributed by atoms with Crippen molar-refractivity contribution >= 4 is 17.6 Å². The van der Waals surface area contributed by atoms with Gasteiger partial charge in [0.05, 0.1) is 23.6 Å². The Balaban J connectivity index is 2.04. The molecule has 0 fully saturated rings. The number of urea groups is 1. The number of hydrogen-bond acceptors (Lipinski definition) is 3. The van der Waals surface area contributed by atoms with Crippen molar-refractivity contribution in [3.05, 3.63) is 41.7 Å². The van der Waals surface area contributed by atoms with Crippen LogP contribution in [-0.2, 0) is 4.79 Å². The molecule has 7 nitrogen and oxygen atoms in total. The number of carbonyl (C=O) groups excluding carboxylic acids is 2. The van der Waals surface area contributed by atoms with E-state index in [2.05, 4.69) is 21.0 Å². The number of aromatic nitrogens is 2. The lowest BCUT2D eigenvalue weighted by Crippen LogP contribution is -2.39. The van der Waals surface area contributed by atoms with Crippen molar-refractivity contribution in [3.63, 3.8) is 0 Å². The van der Waals surface area contributed by atoms with Crippen LogP contribution in [0.15, 0.2) is 30.3 Å². The van der Waals surface area contributed by atoms with Crippen LogP contribution in [0.25, 0.3) is 5.69 Å². The second-order valence-corrected chi connectivity index (χ2v) is 5.51. The summed E-state index contributed by atoms with van der Waals surface area (Å²) >= 11 is 0. The van der Waals surface area contributed by atoms with Gasteiger partial charge in [0.2, 0.25) is 5.91 Å². The van der Waals surface area contributed by atoms with Crippen molar-refractivity contribution in [3.8, 4) is 5.69 Å². The van der Waals surface area contributed by atoms with Gasteiger partial charge in [0.1, 0.15) is 0 Å². The summed E-state index contributed by atoms with van der Waals surface area (Å²) in [7, 11) is 0. The minimum Gasteiger partial charge on any atom is -0.355 e. The van der Waals surface area contributed by atoms with Crippen LogP contribution in [0.5, 0.6) is 0 Å². The van der Waals surface area contributed by atoms with Gasteiger partial charge in [-0.1, -0.05) is 19.1 Å². The van der Waals surface area contributed by atoms with E-state index in [4.69, 9.17) is 0 Å². The van der Waals surface area contributed by atoms with E-state index in [0.29, 0.717) is 12.2 Å². The fraction of sp³-hybridized carbons (Fsp3) is 0.353. The van der Waals surface area contributed by atoms with Gasteiger partial charge in [-0.15, -0.1) is 0 Å². The standard InChI is InChI=1S/C17H23N5O2/c1-4-9-18-16(23)11-19-17(24)20-14-7-5-6-8-15(14)22-13(3)10-12(2)21-22/h5-8,10H,4,9,11H2,1-3H3,(H,18,23)(H2,19,20,24). The highest BCUT2D eigenvalue weighted by Crippen LogP contribution is 2.21. The van der Waals surface area contributed by atoms with Gasteiger partial charge in [-0.25, -0.2) is 9.48 Å². The number of para-hydroxylation sites is 2. The number of aryl methyl sites for hydroxylation is 2. The molecule has 0 spiro atoms. The molecule has 0 unspecified atom stereocenters. The van der Waals surface area contributed by atoms with Gasteiger partial charge in [-0.3, -0.25) is 4.79 Å². The van der Waals surface area contributed by atoms with Crippen molar-refractivity contribution in [2.45, 2.75) is 27.2 Å². The summed E-state index contributed by atoms with van der Waals surface area (Å²) in [5.74, 6) is -0.209. The number of nitrogens with zero attached hydrogens (tertiary/aromatic N) is 2. The van der Waals surface area contributed by atoms with Gasteiger partial charge in [0, 0.05) is 12.2 Å². The Morgan fingerprint density at radius 3 is 2.58 bits per heavy atom. The molecule has 1 heterocycles. The minimum absolute atomic E-state index is 0.0616. The molecule has 0 saturated heterocycles. The summed E-state index contributed by atoms with van der Waals surface area (Å²) in [5.41, 5.74) is 3.27. The SMILES string of the molecule is CCCNC(=O)CNC(=O)Nc1ccccc1-n1nc(C)cc1C. The molecule has 1 aromatic carbocycles. The number of carbonyl (C=O) groups is 2. The highest BCUT2D eigenvalue weighted by Gasteiger charge is 2.11. The van der Waals surface area contributed by atoms with Crippen LogP contribution in [0, 0.1) is 13.8 Å². The van der Waals surface area contributed by atoms with E-state index >= 15 is 0 Å². The van der Waals surface area contributed by atoms with E-state index in [1.807, 2.05) is 45.0 Å². The first-order valence-electron chi connectivity index (χ1n) is 7.95. The van der Waals surface area contributed by atoms with Crippen LogP contribution in [0.1, 0.15) is 24.7 Å². The predicted octanol–water partition coefficient (Wildman–Crippen LogP) is 2.14. The van der Waals surface area contributed by atoms with E-state index in [1.165, 1.54) is 0 Å². The Labute approximate surface area is 141 Å². The van der Waals surface area contributed by atoms with Gasteiger partial charge < -0.3 is 16.0 Å². The first-order valence-corrected chi connectivity index (χ1v) is 7.95. The average Bonchev–Trinajstić information content (AvgIpc) is 2.89. The topological polar surface area (TPSA) is 88.0 Å². The number of nitrogens with one attached hydrogen (secondary N) is 3. The zero-order chi connectivity index (χ0) is 17.5. The molecule has 0 bridgehead atoms. The van der Waals surface area contributed by atoms with Crippen LogP contribution in [0.4, 0.5) is 10.5 Å². The van der Waals surface area contributed by atoms with Crippen LogP contribution in [0.2, 0.25) is 0 Å². The first-order chi connectivity index (χ1) is 11.5. The fourth-order valence-electron chi connectivity index (χ4n) is 2.29. The molecule has 0 aliphatic carbocycles. The fourth-order valence-corrected chi connectivity index (χ4v) is 2.29. The maximum absolute atomic E-state index is 12.0. The molecule has 0 aliphatic heterocycles. The monoisotopic (exact) mass is 329 g/mol. The molecule has 2 aromatic rings. The van der Waals surface area contributed by atoms with Crippen molar-refractivity contribution in [1.29, 1.82) is 0 Å². The molecule has 128 valence electrons. The molecule has 0 radical (unpaired) electrons. The Kier molecular flexibility index (Phi) is 5.95. The molecule has 0 saturated carbocycles. The van der Waals surface area contributed by atoms with E-state index in [1.54, 1.807) is 10.7 Å². The molecule has 7 heteroatoms. The van der Waals surface area contributed by atoms with Crippen LogP contribution >= 0.6 is 0 Å². The van der Waals surface area contributed by atoms with E-state index in [0.717, 1.165) is 23.5 Å². The third-order valence-corrected chi connectivity index (χ3v) is 3.37. The Hall–Kier alpha value is -2.83. The molecular formula is C17H23N5O2. The third-order valence-electron chi connectivity index (χ3n) is 3.37. The number of anilines is 1. The number of amides is 3. The summed E-state index contributed by atoms with van der Waals surface area (Å²) < 4.78 is 1.78. The summed E-state index contributed by atoms with van der Waals surface area (Å²) in [5, 5.41) is 12.5. The van der Waals surface area contributed by atoms with Crippen LogP contribution in [0.3, 0.4) is 0 Å². The van der Waals surface area contributed by atoms with Gasteiger partial charge in [-0.2, -0.15) is 5.10 Å². The van der Waals surface area contributed by atoms with Gasteiger partial charge in [-0.05, 0) is 38.5 Å². The lowest BCUT2D eigenvalue weighted by atomic mass is 10.2. The van der Waals surface area contributed by atoms with Gasteiger partial charge in [0.25, 0.3) is 0 Å². The summed E-state index contributed by atoms with van der Waals surface area (Å²) in [6.45, 7) is 6.38. The smallest absolute Gasteiger partial charge is 0.319 e. The Bertz CT molecular complexity index is 724. The number of rotatable bonds is 6. The lowest BCUT2D eigenvalue weighted by molar-refractivity contribution is -0.120. The second-order valence-electron chi connectivity index (χ2n) is 5.51. The molecule has 0 atom stereocenters. The van der Waals surface area contributed by atoms with E-state index in [9.17, 15) is 9.59 Å². The van der Waals surface area contributed by atoms with Gasteiger partial charge >= 0.3 is 6.03 Å². The average molecular weight is 329 g/mol. The molecule has 0 aliphatic rings. The van der Waals surface area contributed by atoms with Crippen LogP contribution < -0.4 is 16.0 Å². The van der Waals surface area contributed by atoms with Crippen molar-refractivity contribution in [1.82, 2.24) is 20.4 Å². The molecule has 2 rings (SSSR count). The Morgan fingerprint density at radius 1 is 1.17 bits per heavy atom. The quantitative estimate of drug-likeness (QED) is 0.758. The zero-order valence-electron chi connectivity index (χ0n) is 14.2. The zero-order valence-corrected chi connectivity index (χ0v) is 14.2. The summed E-state index contributed by atoms with van der Waals surface area (Å²) in [6.07, 6.45) is 0.855. The first kappa shape index (κ1) is 17.5. The maximum Gasteiger partial charge on any atom is 0.319 e. The molecule has 3 amide bonds. The normalized spacial score (nSPS) is 10.3. The number of benzene rings is 1. The van der Waals surface area contributed by atoms with Crippen molar-refractivity contribution in [2.24, 2.45) is 0 Å². The third kappa shape index (κ3) is 4.58. The highest BCUT2D eigenvalue weighted by atomic mass is 16.2. The van der Waals surface area contributed by atoms with Crippen molar-refractivity contribution in [2.75, 3.05) is 18.4 Å². The second kappa shape index (κ2) is 8.14. The minimum atomic E-state index is -0.435. The summed E-state index contributed by atoms with van der Waals surface area (Å²) in [4.78, 5) is 23.6. The molecule has 1 aromatic heterocycles. The lowest BCUT2D eigenvalue weighted by Gasteiger charge is -2.13. The van der Waals surface area contributed by atoms with Crippen molar-refractivity contribution < 1.29 is 9.59 Å². The van der Waals surface area contributed by atoms with E-state index < -0.39 is 6.03 Å². The molecular weight excluding hydrogens is 306 g/mol. The highest BCUT2D eigenvalue weighted by molar-refractivity contribution is 5.93. The van der Waals surface area contributed by atoms with E-state index in [-0.39, 0.29) is 12.5 Å². The van der Waals surface area contributed by atoms with Gasteiger partial charge in [0.15, 0.2) is 0 Å². The Morgan fingerprint density at radius 2 is 1.92 bits per heavy atom. The maximum atomic E-state index is 12.0. The number of hydrogen-bond donors (Lipinski definition) is 3. The largest absolute Gasteiger partial charge is 0.355 e. The molecule has 24 heavy (non-hydrogen) atoms. The predicted molar refractivity (Wildman–Crippen MR) is 93.4 cm³/mol. The van der Waals surface area contributed by atoms with Crippen LogP contribution in [-0.4, -0.2) is 34.8 Å². The molecule has 3 N–H and O–H groups in total.